The molecule has 1 aromatic heterocycles. The number of aromatic amines is 1. The van der Waals surface area contributed by atoms with Crippen molar-refractivity contribution in [3.05, 3.63) is 55.4 Å². The van der Waals surface area contributed by atoms with E-state index in [2.05, 4.69) is 15.5 Å². The van der Waals surface area contributed by atoms with Gasteiger partial charge >= 0.3 is 0 Å². The molecule has 1 amide bonds. The van der Waals surface area contributed by atoms with E-state index in [1.54, 1.807) is 0 Å². The molecule has 0 radical (unpaired) electrons. The quantitative estimate of drug-likeness (QED) is 0.836. The molecule has 2 N–H and O–H groups in total. The topological polar surface area (TPSA) is 74.8 Å². The van der Waals surface area contributed by atoms with E-state index in [1.165, 1.54) is 24.3 Å². The number of halogens is 3. The van der Waals surface area contributed by atoms with Crippen LogP contribution in [0.2, 0.25) is 15.1 Å². The van der Waals surface area contributed by atoms with E-state index in [-0.39, 0.29) is 20.8 Å². The number of nitrogens with zero attached hydrogens (tertiary/aromatic N) is 1. The number of nitrogens with one attached hydrogen (secondary N) is 2. The van der Waals surface area contributed by atoms with E-state index in [9.17, 15) is 9.59 Å². The van der Waals surface area contributed by atoms with Crippen LogP contribution < -0.4 is 10.9 Å². The summed E-state index contributed by atoms with van der Waals surface area (Å²) in [6, 6.07) is 5.33. The predicted octanol–water partition coefficient (Wildman–Crippen LogP) is 2.98. The van der Waals surface area contributed by atoms with Crippen LogP contribution in [-0.4, -0.2) is 16.1 Å². The molecule has 0 unspecified atom stereocenters. The van der Waals surface area contributed by atoms with Gasteiger partial charge in [0.2, 0.25) is 0 Å². The Bertz CT molecular complexity index is 680. The maximum atomic E-state index is 11.8. The van der Waals surface area contributed by atoms with Gasteiger partial charge in [-0.05, 0) is 18.2 Å². The van der Waals surface area contributed by atoms with Crippen LogP contribution in [0.15, 0.2) is 29.1 Å². The van der Waals surface area contributed by atoms with Gasteiger partial charge in [0.25, 0.3) is 11.5 Å². The third-order valence-corrected chi connectivity index (χ3v) is 3.20. The average Bonchev–Trinajstić information content (AvgIpc) is 2.36. The van der Waals surface area contributed by atoms with E-state index in [0.717, 1.165) is 0 Å². The molecule has 0 aliphatic heterocycles. The molecule has 1 aromatic carbocycles. The Hall–Kier alpha value is -1.56. The van der Waals surface area contributed by atoms with Crippen LogP contribution in [-0.2, 0) is 0 Å². The maximum Gasteiger partial charge on any atom is 0.276 e. The van der Waals surface area contributed by atoms with Gasteiger partial charge in [0.1, 0.15) is 5.69 Å². The Labute approximate surface area is 122 Å². The summed E-state index contributed by atoms with van der Waals surface area (Å²) in [5.74, 6) is -0.531. The van der Waals surface area contributed by atoms with E-state index >= 15 is 0 Å². The minimum Gasteiger partial charge on any atom is -0.319 e. The smallest absolute Gasteiger partial charge is 0.276 e. The first-order valence-corrected chi connectivity index (χ1v) is 6.12. The van der Waals surface area contributed by atoms with Crippen LogP contribution >= 0.6 is 34.8 Å². The molecule has 2 aromatic rings. The Morgan fingerprint density at radius 1 is 1.11 bits per heavy atom. The standard InChI is InChI=1S/C11H6Cl3N3O2/c12-5-3-7(14)9(4-6(5)13)15-11(19)8-1-2-10(18)17-16-8/h1-4H,(H,15,19)(H,17,18). The second-order valence-electron chi connectivity index (χ2n) is 3.51. The Morgan fingerprint density at radius 2 is 1.79 bits per heavy atom. The van der Waals surface area contributed by atoms with Gasteiger partial charge < -0.3 is 5.32 Å². The Balaban J connectivity index is 2.26. The average molecular weight is 319 g/mol. The van der Waals surface area contributed by atoms with Crippen molar-refractivity contribution in [2.45, 2.75) is 0 Å². The molecule has 2 rings (SSSR count). The molecular weight excluding hydrogens is 312 g/mol. The fourth-order valence-electron chi connectivity index (χ4n) is 1.28. The van der Waals surface area contributed by atoms with Gasteiger partial charge in [-0.1, -0.05) is 34.8 Å². The van der Waals surface area contributed by atoms with Gasteiger partial charge in [0.15, 0.2) is 0 Å². The van der Waals surface area contributed by atoms with Crippen molar-refractivity contribution >= 4 is 46.4 Å². The first-order valence-electron chi connectivity index (χ1n) is 4.99. The second kappa shape index (κ2) is 5.61. The summed E-state index contributed by atoms with van der Waals surface area (Å²) in [5.41, 5.74) is -0.0556. The molecule has 5 nitrogen and oxygen atoms in total. The summed E-state index contributed by atoms with van der Waals surface area (Å²) in [6.45, 7) is 0. The van der Waals surface area contributed by atoms with Crippen molar-refractivity contribution in [1.29, 1.82) is 0 Å². The zero-order valence-electron chi connectivity index (χ0n) is 9.21. The molecule has 0 bridgehead atoms. The third-order valence-electron chi connectivity index (χ3n) is 2.17. The summed E-state index contributed by atoms with van der Waals surface area (Å²) in [6.07, 6.45) is 0. The molecule has 0 saturated heterocycles. The largest absolute Gasteiger partial charge is 0.319 e. The minimum atomic E-state index is -0.531. The fourth-order valence-corrected chi connectivity index (χ4v) is 1.87. The number of carbonyl (C=O) groups excluding carboxylic acids is 1. The van der Waals surface area contributed by atoms with Crippen LogP contribution in [0.5, 0.6) is 0 Å². The van der Waals surface area contributed by atoms with Gasteiger partial charge in [-0.2, -0.15) is 5.10 Å². The zero-order chi connectivity index (χ0) is 14.0. The summed E-state index contributed by atoms with van der Waals surface area (Å²) in [4.78, 5) is 22.7. The fraction of sp³-hybridized carbons (Fsp3) is 0. The van der Waals surface area contributed by atoms with Crippen molar-refractivity contribution in [3.63, 3.8) is 0 Å². The molecule has 1 heterocycles. The Kier molecular flexibility index (Phi) is 4.09. The maximum absolute atomic E-state index is 11.8. The number of amides is 1. The molecule has 0 aliphatic carbocycles. The second-order valence-corrected chi connectivity index (χ2v) is 4.73. The summed E-state index contributed by atoms with van der Waals surface area (Å²) in [7, 11) is 0. The number of benzene rings is 1. The number of hydrogen-bond donors (Lipinski definition) is 2. The molecule has 0 aliphatic rings. The van der Waals surface area contributed by atoms with Crippen LogP contribution in [0.1, 0.15) is 10.5 Å². The summed E-state index contributed by atoms with van der Waals surface area (Å²) < 4.78 is 0. The molecule has 98 valence electrons. The molecule has 8 heteroatoms. The van der Waals surface area contributed by atoms with Gasteiger partial charge in [-0.25, -0.2) is 5.10 Å². The number of rotatable bonds is 2. The lowest BCUT2D eigenvalue weighted by Crippen LogP contribution is -2.17. The molecule has 19 heavy (non-hydrogen) atoms. The van der Waals surface area contributed by atoms with Crippen molar-refractivity contribution in [2.24, 2.45) is 0 Å². The first kappa shape index (κ1) is 13.9. The molecule has 0 spiro atoms. The highest BCUT2D eigenvalue weighted by Gasteiger charge is 2.12. The van der Waals surface area contributed by atoms with Crippen LogP contribution in [0, 0.1) is 0 Å². The first-order chi connectivity index (χ1) is 8.97. The number of hydrogen-bond acceptors (Lipinski definition) is 3. The monoisotopic (exact) mass is 317 g/mol. The SMILES string of the molecule is O=C(Nc1cc(Cl)c(Cl)cc1Cl)c1ccc(=O)[nH]n1. The highest BCUT2D eigenvalue weighted by Crippen LogP contribution is 2.32. The van der Waals surface area contributed by atoms with Crippen LogP contribution in [0.3, 0.4) is 0 Å². The van der Waals surface area contributed by atoms with Crippen LogP contribution in [0.4, 0.5) is 5.69 Å². The third kappa shape index (κ3) is 3.26. The number of carbonyl (C=O) groups is 1. The van der Waals surface area contributed by atoms with E-state index in [0.29, 0.717) is 5.69 Å². The summed E-state index contributed by atoms with van der Waals surface area (Å²) in [5, 5.41) is 9.05. The highest BCUT2D eigenvalue weighted by molar-refractivity contribution is 6.44. The lowest BCUT2D eigenvalue weighted by Gasteiger charge is -2.08. The minimum absolute atomic E-state index is 0.0433. The van der Waals surface area contributed by atoms with E-state index < -0.39 is 11.5 Å². The molecule has 0 atom stereocenters. The van der Waals surface area contributed by atoms with Gasteiger partial charge in [-0.15, -0.1) is 0 Å². The normalized spacial score (nSPS) is 10.3. The van der Waals surface area contributed by atoms with E-state index in [4.69, 9.17) is 34.8 Å². The van der Waals surface area contributed by atoms with Gasteiger partial charge in [0.05, 0.1) is 20.8 Å². The lowest BCUT2D eigenvalue weighted by atomic mass is 10.3. The van der Waals surface area contributed by atoms with Gasteiger partial charge in [-0.3, -0.25) is 9.59 Å². The molecule has 0 fully saturated rings. The van der Waals surface area contributed by atoms with Crippen LogP contribution in [0.25, 0.3) is 0 Å². The van der Waals surface area contributed by atoms with Gasteiger partial charge in [0, 0.05) is 6.07 Å². The molecule has 0 saturated carbocycles. The van der Waals surface area contributed by atoms with Crippen molar-refractivity contribution in [3.8, 4) is 0 Å². The summed E-state index contributed by atoms with van der Waals surface area (Å²) >= 11 is 17.5. The zero-order valence-corrected chi connectivity index (χ0v) is 11.5. The lowest BCUT2D eigenvalue weighted by molar-refractivity contribution is 0.102. The van der Waals surface area contributed by atoms with Crippen molar-refractivity contribution in [1.82, 2.24) is 10.2 Å². The Morgan fingerprint density at radius 3 is 2.42 bits per heavy atom. The van der Waals surface area contributed by atoms with Crippen molar-refractivity contribution in [2.75, 3.05) is 5.32 Å². The molecular formula is C11H6Cl3N3O2. The number of anilines is 1. The van der Waals surface area contributed by atoms with Crippen molar-refractivity contribution < 1.29 is 4.79 Å². The predicted molar refractivity (Wildman–Crippen MR) is 74.3 cm³/mol. The highest BCUT2D eigenvalue weighted by atomic mass is 35.5. The van der Waals surface area contributed by atoms with E-state index in [1.807, 2.05) is 0 Å². The number of H-pyrrole nitrogens is 1. The number of aromatic nitrogens is 2.